The number of rotatable bonds is 3. The van der Waals surface area contributed by atoms with Crippen molar-refractivity contribution in [3.05, 3.63) is 0 Å². The lowest BCUT2D eigenvalue weighted by Gasteiger charge is -2.14. The molecule has 0 aliphatic carbocycles. The van der Waals surface area contributed by atoms with Crippen LogP contribution >= 0.6 is 0 Å². The van der Waals surface area contributed by atoms with E-state index in [1.807, 2.05) is 0 Å². The van der Waals surface area contributed by atoms with Gasteiger partial charge >= 0.3 is 0 Å². The van der Waals surface area contributed by atoms with Crippen LogP contribution in [0.4, 0.5) is 0 Å². The summed E-state index contributed by atoms with van der Waals surface area (Å²) in [6.07, 6.45) is 0.0180. The van der Waals surface area contributed by atoms with Crippen LogP contribution in [-0.4, -0.2) is 47.5 Å². The molecule has 76 valence electrons. The Balaban J connectivity index is 2.31. The van der Waals surface area contributed by atoms with Gasteiger partial charge in [0.2, 0.25) is 5.91 Å². The highest BCUT2D eigenvalue weighted by atomic mass is 16.3. The first kappa shape index (κ1) is 10.4. The lowest BCUT2D eigenvalue weighted by molar-refractivity contribution is -0.123. The lowest BCUT2D eigenvalue weighted by Crippen LogP contribution is -2.45. The molecular weight excluding hydrogens is 172 g/mol. The Morgan fingerprint density at radius 1 is 1.77 bits per heavy atom. The van der Waals surface area contributed by atoms with E-state index >= 15 is 0 Å². The van der Waals surface area contributed by atoms with Crippen molar-refractivity contribution in [2.24, 2.45) is 0 Å². The SMILES string of the molecule is C[C@@H](CO)NC(=O)C1CC(O)CN1. The quantitative estimate of drug-likeness (QED) is 0.421. The van der Waals surface area contributed by atoms with Gasteiger partial charge in [0.25, 0.3) is 0 Å². The highest BCUT2D eigenvalue weighted by Crippen LogP contribution is 2.06. The summed E-state index contributed by atoms with van der Waals surface area (Å²) >= 11 is 0. The Morgan fingerprint density at radius 3 is 2.92 bits per heavy atom. The Morgan fingerprint density at radius 2 is 2.46 bits per heavy atom. The van der Waals surface area contributed by atoms with E-state index in [0.29, 0.717) is 13.0 Å². The molecule has 4 N–H and O–H groups in total. The molecule has 0 aromatic rings. The van der Waals surface area contributed by atoms with E-state index < -0.39 is 6.10 Å². The molecule has 1 aliphatic heterocycles. The molecule has 5 heteroatoms. The fourth-order valence-corrected chi connectivity index (χ4v) is 1.31. The predicted octanol–water partition coefficient (Wildman–Crippen LogP) is -1.79. The van der Waals surface area contributed by atoms with Gasteiger partial charge in [-0.3, -0.25) is 4.79 Å². The van der Waals surface area contributed by atoms with E-state index in [4.69, 9.17) is 10.2 Å². The molecule has 1 amide bonds. The summed E-state index contributed by atoms with van der Waals surface area (Å²) in [5, 5.41) is 23.4. The zero-order valence-corrected chi connectivity index (χ0v) is 7.66. The number of nitrogens with one attached hydrogen (secondary N) is 2. The van der Waals surface area contributed by atoms with Crippen LogP contribution in [0, 0.1) is 0 Å². The van der Waals surface area contributed by atoms with Crippen molar-refractivity contribution in [3.8, 4) is 0 Å². The van der Waals surface area contributed by atoms with Gasteiger partial charge in [0.15, 0.2) is 0 Å². The van der Waals surface area contributed by atoms with Crippen LogP contribution < -0.4 is 10.6 Å². The third kappa shape index (κ3) is 2.95. The fourth-order valence-electron chi connectivity index (χ4n) is 1.31. The number of hydrogen-bond acceptors (Lipinski definition) is 4. The average molecular weight is 188 g/mol. The van der Waals surface area contributed by atoms with Crippen molar-refractivity contribution in [1.29, 1.82) is 0 Å². The second kappa shape index (κ2) is 4.55. The molecular formula is C8H16N2O3. The Hall–Kier alpha value is -0.650. The summed E-state index contributed by atoms with van der Waals surface area (Å²) in [6, 6.07) is -0.545. The van der Waals surface area contributed by atoms with Crippen molar-refractivity contribution in [3.63, 3.8) is 0 Å². The van der Waals surface area contributed by atoms with Gasteiger partial charge in [0, 0.05) is 12.6 Å². The summed E-state index contributed by atoms with van der Waals surface area (Å²) in [5.41, 5.74) is 0. The minimum Gasteiger partial charge on any atom is -0.394 e. The zero-order chi connectivity index (χ0) is 9.84. The van der Waals surface area contributed by atoms with Crippen molar-refractivity contribution >= 4 is 5.91 Å². The van der Waals surface area contributed by atoms with Crippen molar-refractivity contribution < 1.29 is 15.0 Å². The number of hydrogen-bond donors (Lipinski definition) is 4. The van der Waals surface area contributed by atoms with Gasteiger partial charge in [-0.15, -0.1) is 0 Å². The van der Waals surface area contributed by atoms with Gasteiger partial charge in [-0.05, 0) is 13.3 Å². The molecule has 3 atom stereocenters. The minimum absolute atomic E-state index is 0.0684. The summed E-state index contributed by atoms with van der Waals surface area (Å²) in [4.78, 5) is 11.4. The highest BCUT2D eigenvalue weighted by molar-refractivity contribution is 5.82. The predicted molar refractivity (Wildman–Crippen MR) is 47.1 cm³/mol. The van der Waals surface area contributed by atoms with Crippen molar-refractivity contribution in [2.45, 2.75) is 31.5 Å². The molecule has 0 spiro atoms. The van der Waals surface area contributed by atoms with Crippen LogP contribution in [0.3, 0.4) is 0 Å². The van der Waals surface area contributed by atoms with Crippen LogP contribution in [-0.2, 0) is 4.79 Å². The van der Waals surface area contributed by atoms with Crippen LogP contribution in [0.1, 0.15) is 13.3 Å². The van der Waals surface area contributed by atoms with Crippen LogP contribution in [0.15, 0.2) is 0 Å². The first-order valence-electron chi connectivity index (χ1n) is 4.46. The van der Waals surface area contributed by atoms with Gasteiger partial charge in [-0.2, -0.15) is 0 Å². The highest BCUT2D eigenvalue weighted by Gasteiger charge is 2.28. The number of carbonyl (C=O) groups is 1. The topological polar surface area (TPSA) is 81.6 Å². The van der Waals surface area contributed by atoms with Gasteiger partial charge in [0.1, 0.15) is 0 Å². The van der Waals surface area contributed by atoms with E-state index in [1.165, 1.54) is 0 Å². The number of amides is 1. The van der Waals surface area contributed by atoms with E-state index in [-0.39, 0.29) is 24.6 Å². The molecule has 1 aliphatic rings. The first-order chi connectivity index (χ1) is 6.13. The molecule has 13 heavy (non-hydrogen) atoms. The summed E-state index contributed by atoms with van der Waals surface area (Å²) < 4.78 is 0. The normalized spacial score (nSPS) is 30.1. The number of aliphatic hydroxyl groups is 2. The van der Waals surface area contributed by atoms with Crippen molar-refractivity contribution in [1.82, 2.24) is 10.6 Å². The van der Waals surface area contributed by atoms with E-state index in [0.717, 1.165) is 0 Å². The van der Waals surface area contributed by atoms with Gasteiger partial charge in [-0.25, -0.2) is 0 Å². The van der Waals surface area contributed by atoms with E-state index in [9.17, 15) is 4.79 Å². The van der Waals surface area contributed by atoms with Gasteiger partial charge in [0.05, 0.1) is 18.8 Å². The third-order valence-corrected chi connectivity index (χ3v) is 2.09. The summed E-state index contributed by atoms with van der Waals surface area (Å²) in [5.74, 6) is -0.155. The zero-order valence-electron chi connectivity index (χ0n) is 7.66. The average Bonchev–Trinajstić information content (AvgIpc) is 2.51. The smallest absolute Gasteiger partial charge is 0.237 e. The second-order valence-electron chi connectivity index (χ2n) is 3.44. The largest absolute Gasteiger partial charge is 0.394 e. The Labute approximate surface area is 77.1 Å². The van der Waals surface area contributed by atoms with Crippen LogP contribution in [0.2, 0.25) is 0 Å². The molecule has 0 saturated carbocycles. The Kier molecular flexibility index (Phi) is 3.65. The van der Waals surface area contributed by atoms with Crippen LogP contribution in [0.5, 0.6) is 0 Å². The van der Waals surface area contributed by atoms with Gasteiger partial charge < -0.3 is 20.8 Å². The van der Waals surface area contributed by atoms with Gasteiger partial charge in [-0.1, -0.05) is 0 Å². The van der Waals surface area contributed by atoms with Crippen LogP contribution in [0.25, 0.3) is 0 Å². The summed E-state index contributed by atoms with van der Waals surface area (Å²) in [7, 11) is 0. The number of aliphatic hydroxyl groups excluding tert-OH is 2. The molecule has 5 nitrogen and oxygen atoms in total. The number of carbonyl (C=O) groups excluding carboxylic acids is 1. The summed E-state index contributed by atoms with van der Waals surface area (Å²) in [6.45, 7) is 2.12. The maximum absolute atomic E-state index is 11.4. The molecule has 1 heterocycles. The monoisotopic (exact) mass is 188 g/mol. The fraction of sp³-hybridized carbons (Fsp3) is 0.875. The maximum Gasteiger partial charge on any atom is 0.237 e. The van der Waals surface area contributed by atoms with E-state index in [2.05, 4.69) is 10.6 Å². The molecule has 1 saturated heterocycles. The molecule has 0 radical (unpaired) electrons. The number of β-amino-alcohol motifs (C(OH)–C–C–N with tert-alkyl or cyclic N) is 1. The first-order valence-corrected chi connectivity index (χ1v) is 4.46. The molecule has 0 aromatic heterocycles. The van der Waals surface area contributed by atoms with Crippen molar-refractivity contribution in [2.75, 3.05) is 13.2 Å². The molecule has 1 rings (SSSR count). The third-order valence-electron chi connectivity index (χ3n) is 2.09. The minimum atomic E-state index is -0.430. The van der Waals surface area contributed by atoms with E-state index in [1.54, 1.807) is 6.92 Å². The standard InChI is InChI=1S/C8H16N2O3/c1-5(4-11)10-8(13)7-2-6(12)3-9-7/h5-7,9,11-12H,2-4H2,1H3,(H,10,13)/t5-,6?,7?/m0/s1. The molecule has 0 aromatic carbocycles. The molecule has 2 unspecified atom stereocenters. The maximum atomic E-state index is 11.4. The molecule has 0 bridgehead atoms. The molecule has 1 fully saturated rings. The second-order valence-corrected chi connectivity index (χ2v) is 3.44. The lowest BCUT2D eigenvalue weighted by atomic mass is 10.2. The Bertz CT molecular complexity index is 186.